The number of carbonyl (C=O) groups is 1. The second kappa shape index (κ2) is 5.09. The smallest absolute Gasteiger partial charge is 0.265 e. The van der Waals surface area contributed by atoms with Crippen molar-refractivity contribution in [1.82, 2.24) is 5.32 Å². The van der Waals surface area contributed by atoms with Crippen molar-refractivity contribution in [3.63, 3.8) is 0 Å². The van der Waals surface area contributed by atoms with Crippen LogP contribution in [-0.2, 0) is 4.79 Å². The second-order valence-electron chi connectivity index (χ2n) is 5.13. The van der Waals surface area contributed by atoms with E-state index in [1.807, 2.05) is 18.2 Å². The van der Waals surface area contributed by atoms with Gasteiger partial charge in [0.1, 0.15) is 5.75 Å². The van der Waals surface area contributed by atoms with Crippen LogP contribution in [-0.4, -0.2) is 31.1 Å². The predicted octanol–water partition coefficient (Wildman–Crippen LogP) is 1.57. The maximum absolute atomic E-state index is 11.6. The molecule has 1 saturated heterocycles. The lowest BCUT2D eigenvalue weighted by atomic mass is 10.2. The lowest BCUT2D eigenvalue weighted by molar-refractivity contribution is -0.122. The zero-order chi connectivity index (χ0) is 13.2. The van der Waals surface area contributed by atoms with Crippen molar-refractivity contribution in [2.75, 3.05) is 23.7 Å². The molecular formula is C14H19N3O2. The Kier molecular flexibility index (Phi) is 3.29. The van der Waals surface area contributed by atoms with Gasteiger partial charge >= 0.3 is 0 Å². The van der Waals surface area contributed by atoms with E-state index in [9.17, 15) is 4.79 Å². The molecule has 2 aliphatic heterocycles. The van der Waals surface area contributed by atoms with Crippen molar-refractivity contribution < 1.29 is 9.53 Å². The first kappa shape index (κ1) is 12.3. The minimum absolute atomic E-state index is 0.0953. The molecule has 0 radical (unpaired) electrons. The molecule has 2 unspecified atom stereocenters. The third-order valence-electron chi connectivity index (χ3n) is 3.63. The van der Waals surface area contributed by atoms with E-state index in [-0.39, 0.29) is 5.91 Å². The molecule has 5 heteroatoms. The average Bonchev–Trinajstić information content (AvgIpc) is 2.91. The molecule has 2 atom stereocenters. The summed E-state index contributed by atoms with van der Waals surface area (Å²) in [7, 11) is 0. The van der Waals surface area contributed by atoms with Gasteiger partial charge in [0.15, 0.2) is 6.10 Å². The van der Waals surface area contributed by atoms with Crippen molar-refractivity contribution in [3.8, 4) is 5.75 Å². The molecule has 1 fully saturated rings. The number of hydrogen-bond acceptors (Lipinski definition) is 4. The summed E-state index contributed by atoms with van der Waals surface area (Å²) < 4.78 is 5.52. The molecule has 0 aliphatic carbocycles. The maximum Gasteiger partial charge on any atom is 0.265 e. The van der Waals surface area contributed by atoms with Crippen molar-refractivity contribution in [1.29, 1.82) is 0 Å². The van der Waals surface area contributed by atoms with Crippen LogP contribution in [0.5, 0.6) is 5.75 Å². The Morgan fingerprint density at radius 2 is 2.37 bits per heavy atom. The molecular weight excluding hydrogens is 242 g/mol. The van der Waals surface area contributed by atoms with E-state index in [0.29, 0.717) is 6.04 Å². The molecule has 1 amide bonds. The molecule has 0 spiro atoms. The molecule has 3 N–H and O–H groups in total. The molecule has 2 heterocycles. The van der Waals surface area contributed by atoms with Crippen LogP contribution in [0.25, 0.3) is 0 Å². The number of benzene rings is 1. The van der Waals surface area contributed by atoms with Crippen LogP contribution in [0.3, 0.4) is 0 Å². The first-order chi connectivity index (χ1) is 9.22. The first-order valence-corrected chi connectivity index (χ1v) is 6.81. The number of nitrogens with one attached hydrogen (secondary N) is 3. The maximum atomic E-state index is 11.6. The van der Waals surface area contributed by atoms with Crippen molar-refractivity contribution in [2.45, 2.75) is 31.9 Å². The van der Waals surface area contributed by atoms with E-state index in [1.54, 1.807) is 6.92 Å². The Bertz CT molecular complexity index is 484. The lowest BCUT2D eigenvalue weighted by Crippen LogP contribution is -2.34. The number of carbonyl (C=O) groups excluding carboxylic acids is 1. The standard InChI is InChI=1S/C14H19N3O2/c1-9-14(18)17-12-7-10(4-5-13(12)19-9)16-8-11-3-2-6-15-11/h4-5,7,9,11,15-16H,2-3,6,8H2,1H3,(H,17,18). The van der Waals surface area contributed by atoms with Crippen LogP contribution < -0.4 is 20.7 Å². The third-order valence-corrected chi connectivity index (χ3v) is 3.63. The number of fused-ring (bicyclic) bond motifs is 1. The van der Waals surface area contributed by atoms with Gasteiger partial charge in [-0.05, 0) is 44.5 Å². The Balaban J connectivity index is 1.67. The fourth-order valence-electron chi connectivity index (χ4n) is 2.49. The Morgan fingerprint density at radius 1 is 1.47 bits per heavy atom. The fourth-order valence-corrected chi connectivity index (χ4v) is 2.49. The van der Waals surface area contributed by atoms with Crippen molar-refractivity contribution in [3.05, 3.63) is 18.2 Å². The van der Waals surface area contributed by atoms with Gasteiger partial charge in [-0.15, -0.1) is 0 Å². The van der Waals surface area contributed by atoms with Crippen LogP contribution in [0.15, 0.2) is 18.2 Å². The van der Waals surface area contributed by atoms with E-state index in [4.69, 9.17) is 4.74 Å². The van der Waals surface area contributed by atoms with Crippen molar-refractivity contribution >= 4 is 17.3 Å². The van der Waals surface area contributed by atoms with Gasteiger partial charge in [0.05, 0.1) is 5.69 Å². The molecule has 2 aliphatic rings. The number of rotatable bonds is 3. The quantitative estimate of drug-likeness (QED) is 0.773. The van der Waals surface area contributed by atoms with Gasteiger partial charge in [-0.1, -0.05) is 0 Å². The summed E-state index contributed by atoms with van der Waals surface area (Å²) in [6, 6.07) is 6.35. The van der Waals surface area contributed by atoms with Crippen molar-refractivity contribution in [2.24, 2.45) is 0 Å². The molecule has 0 saturated carbocycles. The Hall–Kier alpha value is -1.75. The second-order valence-corrected chi connectivity index (χ2v) is 5.13. The summed E-state index contributed by atoms with van der Waals surface area (Å²) in [5, 5.41) is 9.70. The van der Waals surface area contributed by atoms with Gasteiger partial charge in [0.2, 0.25) is 0 Å². The molecule has 0 bridgehead atoms. The first-order valence-electron chi connectivity index (χ1n) is 6.81. The van der Waals surface area contributed by atoms with Gasteiger partial charge in [-0.25, -0.2) is 0 Å². The number of ether oxygens (including phenoxy) is 1. The summed E-state index contributed by atoms with van der Waals surface area (Å²) >= 11 is 0. The van der Waals surface area contributed by atoms with Gasteiger partial charge in [-0.2, -0.15) is 0 Å². The average molecular weight is 261 g/mol. The topological polar surface area (TPSA) is 62.4 Å². The zero-order valence-electron chi connectivity index (χ0n) is 11.0. The number of amides is 1. The fraction of sp³-hybridized carbons (Fsp3) is 0.500. The van der Waals surface area contributed by atoms with Gasteiger partial charge in [-0.3, -0.25) is 4.79 Å². The van der Waals surface area contributed by atoms with Gasteiger partial charge in [0.25, 0.3) is 5.91 Å². The number of anilines is 2. The van der Waals surface area contributed by atoms with E-state index >= 15 is 0 Å². The van der Waals surface area contributed by atoms with E-state index in [1.165, 1.54) is 12.8 Å². The molecule has 5 nitrogen and oxygen atoms in total. The summed E-state index contributed by atoms with van der Waals surface area (Å²) in [5.41, 5.74) is 1.75. The SMILES string of the molecule is CC1Oc2ccc(NCC3CCCN3)cc2NC1=O. The van der Waals surface area contributed by atoms with Gasteiger partial charge in [0, 0.05) is 18.3 Å². The molecule has 102 valence electrons. The predicted molar refractivity (Wildman–Crippen MR) is 74.7 cm³/mol. The summed E-state index contributed by atoms with van der Waals surface area (Å²) in [4.78, 5) is 11.6. The summed E-state index contributed by atoms with van der Waals surface area (Å²) in [6.45, 7) is 3.76. The van der Waals surface area contributed by atoms with Crippen LogP contribution in [0.2, 0.25) is 0 Å². The van der Waals surface area contributed by atoms with Gasteiger partial charge < -0.3 is 20.7 Å². The Labute approximate surface area is 112 Å². The molecule has 3 rings (SSSR count). The largest absolute Gasteiger partial charge is 0.479 e. The van der Waals surface area contributed by atoms with E-state index in [2.05, 4.69) is 16.0 Å². The van der Waals surface area contributed by atoms with E-state index < -0.39 is 6.10 Å². The molecule has 19 heavy (non-hydrogen) atoms. The lowest BCUT2D eigenvalue weighted by Gasteiger charge is -2.24. The zero-order valence-corrected chi connectivity index (χ0v) is 11.0. The van der Waals surface area contributed by atoms with Crippen LogP contribution in [0.1, 0.15) is 19.8 Å². The summed E-state index contributed by atoms with van der Waals surface area (Å²) in [6.07, 6.45) is 2.04. The third kappa shape index (κ3) is 2.66. The normalized spacial score (nSPS) is 25.4. The van der Waals surface area contributed by atoms with Crippen LogP contribution in [0.4, 0.5) is 11.4 Å². The molecule has 1 aromatic carbocycles. The Morgan fingerprint density at radius 3 is 3.16 bits per heavy atom. The highest BCUT2D eigenvalue weighted by atomic mass is 16.5. The van der Waals surface area contributed by atoms with E-state index in [0.717, 1.165) is 30.2 Å². The van der Waals surface area contributed by atoms with Crippen LogP contribution >= 0.6 is 0 Å². The highest BCUT2D eigenvalue weighted by molar-refractivity contribution is 5.98. The number of hydrogen-bond donors (Lipinski definition) is 3. The molecule has 0 aromatic heterocycles. The monoisotopic (exact) mass is 261 g/mol. The molecule has 1 aromatic rings. The summed E-state index contributed by atoms with van der Waals surface area (Å²) in [5.74, 6) is 0.638. The minimum Gasteiger partial charge on any atom is -0.479 e. The minimum atomic E-state index is -0.422. The highest BCUT2D eigenvalue weighted by Crippen LogP contribution is 2.32. The highest BCUT2D eigenvalue weighted by Gasteiger charge is 2.23. The van der Waals surface area contributed by atoms with Crippen LogP contribution in [0, 0.1) is 0 Å².